The van der Waals surface area contributed by atoms with Gasteiger partial charge in [0.15, 0.2) is 0 Å². The Labute approximate surface area is 238 Å². The monoisotopic (exact) mass is 625 g/mol. The zero-order valence-electron chi connectivity index (χ0n) is 22.6. The highest BCUT2D eigenvalue weighted by molar-refractivity contribution is 9.10. The summed E-state index contributed by atoms with van der Waals surface area (Å²) in [7, 11) is 1.44. The third-order valence-electron chi connectivity index (χ3n) is 7.57. The molecule has 1 aromatic carbocycles. The van der Waals surface area contributed by atoms with Crippen molar-refractivity contribution in [3.05, 3.63) is 46.4 Å². The third kappa shape index (κ3) is 4.93. The number of hydroxylamine groups is 2. The lowest BCUT2D eigenvalue weighted by molar-refractivity contribution is -0.349. The van der Waals surface area contributed by atoms with Gasteiger partial charge in [-0.2, -0.15) is 22.9 Å². The number of piperidine rings is 2. The molecule has 3 amide bonds. The van der Waals surface area contributed by atoms with E-state index in [9.17, 15) is 27.6 Å². The maximum atomic E-state index is 13.5. The molecule has 3 atom stereocenters. The van der Waals surface area contributed by atoms with E-state index in [-0.39, 0.29) is 36.0 Å². The van der Waals surface area contributed by atoms with E-state index in [0.29, 0.717) is 24.5 Å². The summed E-state index contributed by atoms with van der Waals surface area (Å²) in [5.74, 6) is -1.53. The molecule has 3 fully saturated rings. The SMILES string of the molecule is CN1C(=O)[N+](CC(C)(C)C)(OC(=O)C(F)(F)F)c2ccc(N3CC4CCC3CN4C(=O)c3ccc(Br)cc3)[nH+]c21. The lowest BCUT2D eigenvalue weighted by Crippen LogP contribution is -2.64. The van der Waals surface area contributed by atoms with Crippen molar-refractivity contribution in [1.29, 1.82) is 0 Å². The minimum Gasteiger partial charge on any atom is -0.329 e. The molecule has 40 heavy (non-hydrogen) atoms. The summed E-state index contributed by atoms with van der Waals surface area (Å²) >= 11 is 3.39. The summed E-state index contributed by atoms with van der Waals surface area (Å²) in [4.78, 5) is 52.2. The highest BCUT2D eigenvalue weighted by Gasteiger charge is 2.64. The summed E-state index contributed by atoms with van der Waals surface area (Å²) in [6.45, 7) is 6.15. The van der Waals surface area contributed by atoms with Crippen LogP contribution in [0, 0.1) is 5.41 Å². The molecule has 0 aliphatic carbocycles. The van der Waals surface area contributed by atoms with Crippen molar-refractivity contribution in [3.8, 4) is 0 Å². The zero-order chi connectivity index (χ0) is 29.2. The molecule has 0 radical (unpaired) electrons. The Bertz CT molecular complexity index is 1360. The number of pyridine rings is 1. The van der Waals surface area contributed by atoms with E-state index in [4.69, 9.17) is 4.84 Å². The van der Waals surface area contributed by atoms with Gasteiger partial charge in [-0.15, -0.1) is 0 Å². The largest absolute Gasteiger partial charge is 0.529 e. The molecule has 2 aromatic rings. The van der Waals surface area contributed by atoms with Gasteiger partial charge >= 0.3 is 24.0 Å². The number of anilines is 2. The van der Waals surface area contributed by atoms with Crippen LogP contribution in [0.25, 0.3) is 0 Å². The Morgan fingerprint density at radius 2 is 1.70 bits per heavy atom. The van der Waals surface area contributed by atoms with Crippen molar-refractivity contribution < 1.29 is 37.4 Å². The molecule has 9 nitrogen and oxygen atoms in total. The van der Waals surface area contributed by atoms with E-state index < -0.39 is 28.2 Å². The summed E-state index contributed by atoms with van der Waals surface area (Å²) < 4.78 is 39.4. The third-order valence-corrected chi connectivity index (χ3v) is 8.10. The summed E-state index contributed by atoms with van der Waals surface area (Å²) in [6, 6.07) is 9.69. The minimum absolute atomic E-state index is 0.0120. The molecule has 5 heterocycles. The van der Waals surface area contributed by atoms with Gasteiger partial charge in [0.25, 0.3) is 11.6 Å². The van der Waals surface area contributed by atoms with Gasteiger partial charge in [-0.05, 0) is 37.1 Å². The molecule has 3 unspecified atom stereocenters. The number of alkyl halides is 3. The van der Waals surface area contributed by atoms with Crippen LogP contribution >= 0.6 is 15.9 Å². The number of urea groups is 1. The van der Waals surface area contributed by atoms with Crippen LogP contribution in [0.3, 0.4) is 0 Å². The maximum Gasteiger partial charge on any atom is 0.529 e. The van der Waals surface area contributed by atoms with Gasteiger partial charge in [0.05, 0.1) is 32.2 Å². The minimum atomic E-state index is -5.26. The molecule has 6 rings (SSSR count). The Balaban J connectivity index is 1.44. The fraction of sp³-hybridized carbons (Fsp3) is 0.481. The first-order valence-corrected chi connectivity index (χ1v) is 13.8. The second-order valence-corrected chi connectivity index (χ2v) is 12.7. The van der Waals surface area contributed by atoms with Gasteiger partial charge in [-0.3, -0.25) is 9.69 Å². The average molecular weight is 626 g/mol. The van der Waals surface area contributed by atoms with Crippen molar-refractivity contribution in [3.63, 3.8) is 0 Å². The number of H-pyrrole nitrogens is 1. The average Bonchev–Trinajstić information content (AvgIpc) is 3.08. The van der Waals surface area contributed by atoms with Crippen LogP contribution in [0.15, 0.2) is 40.9 Å². The highest BCUT2D eigenvalue weighted by atomic mass is 79.9. The number of aromatic amines is 1. The second kappa shape index (κ2) is 9.72. The Kier molecular flexibility index (Phi) is 6.89. The lowest BCUT2D eigenvalue weighted by atomic mass is 9.90. The fourth-order valence-electron chi connectivity index (χ4n) is 5.88. The molecular weight excluding hydrogens is 595 g/mol. The van der Waals surface area contributed by atoms with Crippen LogP contribution in [0.4, 0.5) is 35.3 Å². The van der Waals surface area contributed by atoms with E-state index in [1.807, 2.05) is 17.0 Å². The van der Waals surface area contributed by atoms with Crippen LogP contribution in [0.5, 0.6) is 0 Å². The number of aromatic nitrogens is 1. The van der Waals surface area contributed by atoms with Crippen LogP contribution in [-0.2, 0) is 9.63 Å². The number of rotatable bonds is 4. The van der Waals surface area contributed by atoms with Gasteiger partial charge in [0.2, 0.25) is 5.82 Å². The number of benzene rings is 1. The van der Waals surface area contributed by atoms with Crippen molar-refractivity contribution >= 4 is 51.2 Å². The summed E-state index contributed by atoms with van der Waals surface area (Å²) in [5, 5.41) is 0. The molecule has 4 aliphatic rings. The number of carbonyl (C=O) groups is 3. The Morgan fingerprint density at radius 1 is 1.05 bits per heavy atom. The molecule has 1 N–H and O–H groups in total. The van der Waals surface area contributed by atoms with Gasteiger partial charge in [0, 0.05) is 32.2 Å². The van der Waals surface area contributed by atoms with Crippen LogP contribution in [0.1, 0.15) is 44.0 Å². The number of carbonyl (C=O) groups excluding carboxylic acids is 3. The Hall–Kier alpha value is -3.19. The number of quaternary nitrogens is 1. The molecule has 1 aromatic heterocycles. The number of halogens is 4. The summed E-state index contributed by atoms with van der Waals surface area (Å²) in [6.07, 6.45) is -3.55. The molecule has 214 valence electrons. The molecular formula is C27H31BrF3N5O4+2. The predicted octanol–water partition coefficient (Wildman–Crippen LogP) is 4.70. The van der Waals surface area contributed by atoms with Gasteiger partial charge < -0.3 is 4.90 Å². The predicted molar refractivity (Wildman–Crippen MR) is 144 cm³/mol. The Morgan fingerprint density at radius 3 is 2.27 bits per heavy atom. The first-order valence-electron chi connectivity index (χ1n) is 13.0. The smallest absolute Gasteiger partial charge is 0.329 e. The number of nitrogens with zero attached hydrogens (tertiary/aromatic N) is 4. The number of fused-ring (bicyclic) bond motifs is 4. The second-order valence-electron chi connectivity index (χ2n) is 11.8. The van der Waals surface area contributed by atoms with Crippen LogP contribution in [0.2, 0.25) is 0 Å². The summed E-state index contributed by atoms with van der Waals surface area (Å²) in [5.41, 5.74) is 0.0744. The first kappa shape index (κ1) is 28.3. The fourth-order valence-corrected chi connectivity index (χ4v) is 6.15. The standard InChI is InChI=1S/C27H30BrF3N5O4/c1-26(2,3)15-36(40-24(38)27(29,30)31)20-11-12-21(32-22(20)33(4)25(36)39)34-13-19-10-9-18(34)14-35(19)23(37)16-5-7-17(28)8-6-16/h5-8,11-12,18-19H,9-10,13-15H2,1-4H3/q+1/p+1. The molecule has 3 saturated heterocycles. The van der Waals surface area contributed by atoms with Gasteiger partial charge in [0.1, 0.15) is 6.54 Å². The van der Waals surface area contributed by atoms with E-state index in [2.05, 4.69) is 25.8 Å². The van der Waals surface area contributed by atoms with Crippen molar-refractivity contribution in [1.82, 2.24) is 9.55 Å². The number of hydrogen-bond acceptors (Lipinski definition) is 5. The highest BCUT2D eigenvalue weighted by Crippen LogP contribution is 2.44. The topological polar surface area (TPSA) is 84.3 Å². The van der Waals surface area contributed by atoms with Crippen molar-refractivity contribution in [2.24, 2.45) is 5.41 Å². The lowest BCUT2D eigenvalue weighted by Gasteiger charge is -2.49. The van der Waals surface area contributed by atoms with E-state index in [1.165, 1.54) is 11.9 Å². The first-order chi connectivity index (χ1) is 18.6. The maximum absolute atomic E-state index is 13.5. The molecule has 4 aliphatic heterocycles. The zero-order valence-corrected chi connectivity index (χ0v) is 24.2. The van der Waals surface area contributed by atoms with Crippen LogP contribution in [-0.4, -0.2) is 67.7 Å². The van der Waals surface area contributed by atoms with E-state index in [1.54, 1.807) is 45.0 Å². The molecule has 0 spiro atoms. The number of amides is 3. The van der Waals surface area contributed by atoms with Gasteiger partial charge in [-0.25, -0.2) is 14.6 Å². The normalized spacial score (nSPS) is 24.4. The van der Waals surface area contributed by atoms with Crippen molar-refractivity contribution in [2.75, 3.05) is 36.5 Å². The molecule has 0 saturated carbocycles. The number of piperazine rings is 1. The van der Waals surface area contributed by atoms with E-state index in [0.717, 1.165) is 17.3 Å². The van der Waals surface area contributed by atoms with Crippen LogP contribution < -0.4 is 19.4 Å². The number of hydrogen-bond donors (Lipinski definition) is 0. The quantitative estimate of drug-likeness (QED) is 0.460. The molecule has 2 bridgehead atoms. The van der Waals surface area contributed by atoms with Gasteiger partial charge in [-0.1, -0.05) is 36.7 Å². The van der Waals surface area contributed by atoms with Crippen molar-refractivity contribution in [2.45, 2.75) is 51.9 Å². The van der Waals surface area contributed by atoms with E-state index >= 15 is 0 Å². The number of nitrogens with one attached hydrogen (secondary N) is 1. The molecule has 13 heteroatoms.